The molecule has 25 heavy (non-hydrogen) atoms. The van der Waals surface area contributed by atoms with Crippen molar-refractivity contribution >= 4 is 33.4 Å². The Kier molecular flexibility index (Phi) is 5.18. The molecule has 1 saturated heterocycles. The van der Waals surface area contributed by atoms with Crippen molar-refractivity contribution in [2.75, 3.05) is 11.4 Å². The number of aryl methyl sites for hydroxylation is 1. The molecular formula is C19H18BrFN2O2. The van der Waals surface area contributed by atoms with E-state index in [2.05, 4.69) is 21.2 Å². The smallest absolute Gasteiger partial charge is 0.227 e. The summed E-state index contributed by atoms with van der Waals surface area (Å²) in [5.74, 6) is -1.10. The normalized spacial score (nSPS) is 17.0. The van der Waals surface area contributed by atoms with Crippen molar-refractivity contribution in [1.82, 2.24) is 5.32 Å². The van der Waals surface area contributed by atoms with Crippen LogP contribution in [0.2, 0.25) is 0 Å². The van der Waals surface area contributed by atoms with Crippen LogP contribution in [0.3, 0.4) is 0 Å². The van der Waals surface area contributed by atoms with Crippen molar-refractivity contribution in [3.63, 3.8) is 0 Å². The molecule has 1 aliphatic heterocycles. The van der Waals surface area contributed by atoms with Gasteiger partial charge in [0.1, 0.15) is 5.82 Å². The van der Waals surface area contributed by atoms with Crippen molar-refractivity contribution in [2.45, 2.75) is 19.9 Å². The standard InChI is InChI=1S/C19H18BrFN2O2/c1-12-2-5-16(6-3-12)23-11-14(9-18(23)24)19(25)22-10-13-8-15(20)4-7-17(13)21/h2-8,14H,9-11H2,1H3,(H,22,25). The van der Waals surface area contributed by atoms with Crippen LogP contribution in [0.4, 0.5) is 10.1 Å². The summed E-state index contributed by atoms with van der Waals surface area (Å²) in [5.41, 5.74) is 2.31. The Bertz CT molecular complexity index is 808. The molecule has 0 aromatic heterocycles. The number of carbonyl (C=O) groups excluding carboxylic acids is 2. The zero-order valence-corrected chi connectivity index (χ0v) is 15.3. The van der Waals surface area contributed by atoms with E-state index in [9.17, 15) is 14.0 Å². The molecule has 0 spiro atoms. The molecule has 3 rings (SSSR count). The molecule has 0 radical (unpaired) electrons. The molecule has 1 heterocycles. The van der Waals surface area contributed by atoms with Gasteiger partial charge in [-0.15, -0.1) is 0 Å². The largest absolute Gasteiger partial charge is 0.352 e. The summed E-state index contributed by atoms with van der Waals surface area (Å²) in [4.78, 5) is 26.2. The number of nitrogens with zero attached hydrogens (tertiary/aromatic N) is 1. The number of rotatable bonds is 4. The Hall–Kier alpha value is -2.21. The van der Waals surface area contributed by atoms with Crippen molar-refractivity contribution < 1.29 is 14.0 Å². The molecule has 2 aromatic carbocycles. The number of halogens is 2. The number of carbonyl (C=O) groups is 2. The van der Waals surface area contributed by atoms with E-state index in [0.717, 1.165) is 15.7 Å². The molecule has 2 amide bonds. The fourth-order valence-corrected chi connectivity index (χ4v) is 3.27. The van der Waals surface area contributed by atoms with Crippen molar-refractivity contribution in [1.29, 1.82) is 0 Å². The van der Waals surface area contributed by atoms with Gasteiger partial charge in [0.15, 0.2) is 0 Å². The molecule has 1 N–H and O–H groups in total. The summed E-state index contributed by atoms with van der Waals surface area (Å²) < 4.78 is 14.5. The first-order valence-electron chi connectivity index (χ1n) is 8.02. The molecule has 2 aromatic rings. The Labute approximate surface area is 154 Å². The third-order valence-electron chi connectivity index (χ3n) is 4.30. The summed E-state index contributed by atoms with van der Waals surface area (Å²) in [6, 6.07) is 12.2. The molecule has 1 aliphatic rings. The fourth-order valence-electron chi connectivity index (χ4n) is 2.86. The topological polar surface area (TPSA) is 49.4 Å². The lowest BCUT2D eigenvalue weighted by molar-refractivity contribution is -0.126. The van der Waals surface area contributed by atoms with Gasteiger partial charge in [-0.3, -0.25) is 9.59 Å². The van der Waals surface area contributed by atoms with Gasteiger partial charge in [0.05, 0.1) is 5.92 Å². The van der Waals surface area contributed by atoms with Gasteiger partial charge in [0, 0.05) is 35.2 Å². The van der Waals surface area contributed by atoms with Crippen LogP contribution in [0.15, 0.2) is 46.9 Å². The van der Waals surface area contributed by atoms with Crippen LogP contribution < -0.4 is 10.2 Å². The number of nitrogens with one attached hydrogen (secondary N) is 1. The van der Waals surface area contributed by atoms with Crippen LogP contribution in [-0.4, -0.2) is 18.4 Å². The highest BCUT2D eigenvalue weighted by Crippen LogP contribution is 2.25. The van der Waals surface area contributed by atoms with Gasteiger partial charge in [-0.05, 0) is 37.3 Å². The van der Waals surface area contributed by atoms with Gasteiger partial charge in [-0.2, -0.15) is 0 Å². The first-order valence-corrected chi connectivity index (χ1v) is 8.82. The zero-order valence-electron chi connectivity index (χ0n) is 13.8. The van der Waals surface area contributed by atoms with Gasteiger partial charge in [-0.1, -0.05) is 33.6 Å². The third-order valence-corrected chi connectivity index (χ3v) is 4.80. The number of hydrogen-bond donors (Lipinski definition) is 1. The average molecular weight is 405 g/mol. The van der Waals surface area contributed by atoms with Crippen LogP contribution in [-0.2, 0) is 16.1 Å². The minimum absolute atomic E-state index is 0.0716. The maximum atomic E-state index is 13.7. The summed E-state index contributed by atoms with van der Waals surface area (Å²) in [6.45, 7) is 2.42. The molecule has 0 bridgehead atoms. The third kappa shape index (κ3) is 4.07. The summed E-state index contributed by atoms with van der Waals surface area (Å²) in [5, 5.41) is 2.73. The molecule has 4 nitrogen and oxygen atoms in total. The number of anilines is 1. The SMILES string of the molecule is Cc1ccc(N2CC(C(=O)NCc3cc(Br)ccc3F)CC2=O)cc1. The summed E-state index contributed by atoms with van der Waals surface area (Å²) in [6.07, 6.45) is 0.167. The second-order valence-electron chi connectivity index (χ2n) is 6.19. The first kappa shape index (κ1) is 17.6. The van der Waals surface area contributed by atoms with Gasteiger partial charge in [0.25, 0.3) is 0 Å². The minimum Gasteiger partial charge on any atom is -0.352 e. The highest BCUT2D eigenvalue weighted by atomic mass is 79.9. The summed E-state index contributed by atoms with van der Waals surface area (Å²) in [7, 11) is 0. The second kappa shape index (κ2) is 7.35. The van der Waals surface area contributed by atoms with E-state index in [1.807, 2.05) is 31.2 Å². The molecule has 1 unspecified atom stereocenters. The molecule has 0 aliphatic carbocycles. The van der Waals surface area contributed by atoms with Crippen molar-refractivity contribution in [3.8, 4) is 0 Å². The fraction of sp³-hybridized carbons (Fsp3) is 0.263. The van der Waals surface area contributed by atoms with Crippen molar-refractivity contribution in [3.05, 3.63) is 63.9 Å². The molecular weight excluding hydrogens is 387 g/mol. The van der Waals surface area contributed by atoms with E-state index in [1.165, 1.54) is 6.07 Å². The molecule has 1 atom stereocenters. The maximum Gasteiger partial charge on any atom is 0.227 e. The number of benzene rings is 2. The Balaban J connectivity index is 1.62. The van der Waals surface area contributed by atoms with E-state index in [-0.39, 0.29) is 30.6 Å². The van der Waals surface area contributed by atoms with Gasteiger partial charge >= 0.3 is 0 Å². The van der Waals surface area contributed by atoms with E-state index in [4.69, 9.17) is 0 Å². The van der Waals surface area contributed by atoms with Gasteiger partial charge in [-0.25, -0.2) is 4.39 Å². The first-order chi connectivity index (χ1) is 11.9. The van der Waals surface area contributed by atoms with Crippen molar-refractivity contribution in [2.24, 2.45) is 5.92 Å². The monoisotopic (exact) mass is 404 g/mol. The Morgan fingerprint density at radius 2 is 2.00 bits per heavy atom. The van der Waals surface area contributed by atoms with Crippen LogP contribution in [0, 0.1) is 18.7 Å². The Morgan fingerprint density at radius 1 is 1.28 bits per heavy atom. The molecule has 6 heteroatoms. The highest BCUT2D eigenvalue weighted by Gasteiger charge is 2.35. The minimum atomic E-state index is -0.427. The van der Waals surface area contributed by atoms with Gasteiger partial charge < -0.3 is 10.2 Å². The highest BCUT2D eigenvalue weighted by molar-refractivity contribution is 9.10. The van der Waals surface area contributed by atoms with Gasteiger partial charge in [0.2, 0.25) is 11.8 Å². The van der Waals surface area contributed by atoms with Crippen LogP contribution in [0.25, 0.3) is 0 Å². The van der Waals surface area contributed by atoms with Crippen LogP contribution in [0.5, 0.6) is 0 Å². The quantitative estimate of drug-likeness (QED) is 0.846. The van der Waals surface area contributed by atoms with E-state index in [0.29, 0.717) is 12.1 Å². The summed E-state index contributed by atoms with van der Waals surface area (Å²) >= 11 is 3.29. The lowest BCUT2D eigenvalue weighted by Gasteiger charge is -2.17. The predicted octanol–water partition coefficient (Wildman–Crippen LogP) is 3.57. The van der Waals surface area contributed by atoms with E-state index < -0.39 is 5.92 Å². The van der Waals surface area contributed by atoms with Crippen LogP contribution >= 0.6 is 15.9 Å². The number of hydrogen-bond acceptors (Lipinski definition) is 2. The second-order valence-corrected chi connectivity index (χ2v) is 7.11. The Morgan fingerprint density at radius 3 is 2.72 bits per heavy atom. The predicted molar refractivity (Wildman–Crippen MR) is 97.6 cm³/mol. The lowest BCUT2D eigenvalue weighted by Crippen LogP contribution is -2.32. The number of amides is 2. The maximum absolute atomic E-state index is 13.7. The lowest BCUT2D eigenvalue weighted by atomic mass is 10.1. The molecule has 1 fully saturated rings. The average Bonchev–Trinajstić information content (AvgIpc) is 2.98. The van der Waals surface area contributed by atoms with E-state index in [1.54, 1.807) is 17.0 Å². The molecule has 0 saturated carbocycles. The zero-order chi connectivity index (χ0) is 18.0. The molecule has 130 valence electrons. The van der Waals surface area contributed by atoms with Crippen LogP contribution in [0.1, 0.15) is 17.5 Å². The van der Waals surface area contributed by atoms with E-state index >= 15 is 0 Å².